The number of rotatable bonds is 4. The van der Waals surface area contributed by atoms with Crippen LogP contribution in [0.25, 0.3) is 0 Å². The van der Waals surface area contributed by atoms with E-state index < -0.39 is 0 Å². The molecule has 1 atom stereocenters. The number of hydrogen-bond acceptors (Lipinski definition) is 4. The molecule has 4 nitrogen and oxygen atoms in total. The van der Waals surface area contributed by atoms with Gasteiger partial charge in [0.25, 0.3) is 0 Å². The normalized spacial score (nSPS) is 18.8. The van der Waals surface area contributed by atoms with Crippen molar-refractivity contribution in [1.82, 2.24) is 0 Å². The molecule has 1 aliphatic rings. The molecule has 0 saturated carbocycles. The summed E-state index contributed by atoms with van der Waals surface area (Å²) in [7, 11) is 3.28. The van der Waals surface area contributed by atoms with Crippen molar-refractivity contribution in [1.29, 1.82) is 0 Å². The topological polar surface area (TPSA) is 38.8 Å². The molecule has 0 aliphatic carbocycles. The van der Waals surface area contributed by atoms with E-state index in [0.717, 1.165) is 36.7 Å². The Morgan fingerprint density at radius 3 is 2.67 bits per heavy atom. The van der Waals surface area contributed by atoms with Gasteiger partial charge < -0.3 is 14.4 Å². The molecule has 0 N–H and O–H groups in total. The molecule has 1 heterocycles. The lowest BCUT2D eigenvalue weighted by atomic mass is 10.1. The Balaban J connectivity index is 2.21. The first-order valence-electron chi connectivity index (χ1n) is 6.13. The average Bonchev–Trinajstić information content (AvgIpc) is 2.87. The lowest BCUT2D eigenvalue weighted by Crippen LogP contribution is -2.22. The lowest BCUT2D eigenvalue weighted by molar-refractivity contribution is -0.120. The van der Waals surface area contributed by atoms with Crippen LogP contribution in [0.5, 0.6) is 11.5 Å². The molecule has 0 spiro atoms. The fourth-order valence-electron chi connectivity index (χ4n) is 2.36. The van der Waals surface area contributed by atoms with Crippen molar-refractivity contribution in [2.45, 2.75) is 13.3 Å². The van der Waals surface area contributed by atoms with Gasteiger partial charge in [-0.1, -0.05) is 0 Å². The summed E-state index contributed by atoms with van der Waals surface area (Å²) in [6, 6.07) is 5.77. The number of nitrogens with zero attached hydrogens (tertiary/aromatic N) is 1. The van der Waals surface area contributed by atoms with Crippen molar-refractivity contribution in [2.75, 3.05) is 32.2 Å². The highest BCUT2D eigenvalue weighted by molar-refractivity contribution is 5.80. The first-order chi connectivity index (χ1) is 8.65. The first kappa shape index (κ1) is 12.7. The summed E-state index contributed by atoms with van der Waals surface area (Å²) in [5, 5.41) is 0. The summed E-state index contributed by atoms with van der Waals surface area (Å²) < 4.78 is 10.6. The Kier molecular flexibility index (Phi) is 3.75. The van der Waals surface area contributed by atoms with Crippen molar-refractivity contribution in [3.05, 3.63) is 18.2 Å². The fraction of sp³-hybridized carbons (Fsp3) is 0.500. The SMILES string of the molecule is COc1ccc(N2CCC(C(C)=O)C2)c(OC)c1. The van der Waals surface area contributed by atoms with Crippen LogP contribution in [0.1, 0.15) is 13.3 Å². The fourth-order valence-corrected chi connectivity index (χ4v) is 2.36. The number of Topliss-reactive ketones (excluding diaryl/α,β-unsaturated/α-hetero) is 1. The van der Waals surface area contributed by atoms with Crippen molar-refractivity contribution in [3.8, 4) is 11.5 Å². The van der Waals surface area contributed by atoms with Crippen molar-refractivity contribution in [3.63, 3.8) is 0 Å². The van der Waals surface area contributed by atoms with Crippen molar-refractivity contribution < 1.29 is 14.3 Å². The molecular weight excluding hydrogens is 230 g/mol. The minimum Gasteiger partial charge on any atom is -0.497 e. The smallest absolute Gasteiger partial charge is 0.145 e. The third-order valence-electron chi connectivity index (χ3n) is 3.49. The second-order valence-electron chi connectivity index (χ2n) is 4.58. The van der Waals surface area contributed by atoms with Gasteiger partial charge in [0.2, 0.25) is 0 Å². The molecule has 18 heavy (non-hydrogen) atoms. The molecule has 0 amide bonds. The summed E-state index contributed by atoms with van der Waals surface area (Å²) in [4.78, 5) is 13.6. The van der Waals surface area contributed by atoms with Gasteiger partial charge in [-0.05, 0) is 25.5 Å². The number of anilines is 1. The number of ether oxygens (including phenoxy) is 2. The van der Waals surface area contributed by atoms with E-state index in [1.165, 1.54) is 0 Å². The Hall–Kier alpha value is -1.71. The third kappa shape index (κ3) is 2.42. The van der Waals surface area contributed by atoms with Crippen LogP contribution < -0.4 is 14.4 Å². The van der Waals surface area contributed by atoms with Gasteiger partial charge in [-0.2, -0.15) is 0 Å². The van der Waals surface area contributed by atoms with Crippen LogP contribution in [0.3, 0.4) is 0 Å². The number of hydrogen-bond donors (Lipinski definition) is 0. The molecule has 98 valence electrons. The Bertz CT molecular complexity index is 445. The van der Waals surface area contributed by atoms with Crippen LogP contribution >= 0.6 is 0 Å². The minimum atomic E-state index is 0.150. The number of benzene rings is 1. The predicted octanol–water partition coefficient (Wildman–Crippen LogP) is 2.12. The van der Waals surface area contributed by atoms with Gasteiger partial charge >= 0.3 is 0 Å². The van der Waals surface area contributed by atoms with Gasteiger partial charge in [-0.3, -0.25) is 4.79 Å². The van der Waals surface area contributed by atoms with Crippen molar-refractivity contribution >= 4 is 11.5 Å². The number of carbonyl (C=O) groups is 1. The molecule has 1 aromatic carbocycles. The van der Waals surface area contributed by atoms with E-state index in [1.807, 2.05) is 18.2 Å². The molecule has 0 bridgehead atoms. The molecule has 1 aliphatic heterocycles. The van der Waals surface area contributed by atoms with E-state index in [4.69, 9.17) is 9.47 Å². The summed E-state index contributed by atoms with van der Waals surface area (Å²) in [5.41, 5.74) is 1.03. The number of methoxy groups -OCH3 is 2. The van der Waals surface area contributed by atoms with E-state index in [-0.39, 0.29) is 11.7 Å². The highest BCUT2D eigenvalue weighted by Crippen LogP contribution is 2.35. The molecule has 4 heteroatoms. The minimum absolute atomic E-state index is 0.150. The summed E-state index contributed by atoms with van der Waals surface area (Å²) in [6.07, 6.45) is 0.921. The van der Waals surface area contributed by atoms with Crippen LogP contribution in [0.2, 0.25) is 0 Å². The number of carbonyl (C=O) groups excluding carboxylic acids is 1. The maximum absolute atomic E-state index is 11.4. The van der Waals surface area contributed by atoms with Gasteiger partial charge in [0.1, 0.15) is 17.3 Å². The molecule has 1 saturated heterocycles. The zero-order valence-electron chi connectivity index (χ0n) is 11.1. The first-order valence-corrected chi connectivity index (χ1v) is 6.13. The highest BCUT2D eigenvalue weighted by atomic mass is 16.5. The standard InChI is InChI=1S/C14H19NO3/c1-10(16)11-6-7-15(9-11)13-5-4-12(17-2)8-14(13)18-3/h4-5,8,11H,6-7,9H2,1-3H3. The maximum Gasteiger partial charge on any atom is 0.145 e. The Morgan fingerprint density at radius 1 is 1.33 bits per heavy atom. The van der Waals surface area contributed by atoms with Crippen LogP contribution in [-0.4, -0.2) is 33.1 Å². The molecule has 1 fully saturated rings. The Morgan fingerprint density at radius 2 is 2.11 bits per heavy atom. The second-order valence-corrected chi connectivity index (χ2v) is 4.58. The van der Waals surface area contributed by atoms with Crippen LogP contribution in [-0.2, 0) is 4.79 Å². The van der Waals surface area contributed by atoms with Crippen LogP contribution in [0, 0.1) is 5.92 Å². The summed E-state index contributed by atoms with van der Waals surface area (Å²) in [6.45, 7) is 3.34. The van der Waals surface area contributed by atoms with E-state index in [1.54, 1.807) is 21.1 Å². The third-order valence-corrected chi connectivity index (χ3v) is 3.49. The quantitative estimate of drug-likeness (QED) is 0.819. The summed E-state index contributed by atoms with van der Waals surface area (Å²) >= 11 is 0. The second kappa shape index (κ2) is 5.29. The molecule has 1 unspecified atom stereocenters. The lowest BCUT2D eigenvalue weighted by Gasteiger charge is -2.21. The maximum atomic E-state index is 11.4. The summed E-state index contributed by atoms with van der Waals surface area (Å²) in [5.74, 6) is 1.98. The molecule has 1 aromatic rings. The van der Waals surface area contributed by atoms with Gasteiger partial charge in [0.15, 0.2) is 0 Å². The van der Waals surface area contributed by atoms with E-state index in [0.29, 0.717) is 0 Å². The van der Waals surface area contributed by atoms with Gasteiger partial charge in [0.05, 0.1) is 19.9 Å². The Labute approximate surface area is 107 Å². The molecular formula is C14H19NO3. The van der Waals surface area contributed by atoms with E-state index >= 15 is 0 Å². The van der Waals surface area contributed by atoms with Crippen molar-refractivity contribution in [2.24, 2.45) is 5.92 Å². The zero-order valence-corrected chi connectivity index (χ0v) is 11.1. The number of ketones is 1. The van der Waals surface area contributed by atoms with Gasteiger partial charge in [-0.25, -0.2) is 0 Å². The van der Waals surface area contributed by atoms with Crippen LogP contribution in [0.4, 0.5) is 5.69 Å². The monoisotopic (exact) mass is 249 g/mol. The highest BCUT2D eigenvalue weighted by Gasteiger charge is 2.27. The zero-order chi connectivity index (χ0) is 13.1. The predicted molar refractivity (Wildman–Crippen MR) is 70.5 cm³/mol. The molecule has 2 rings (SSSR count). The largest absolute Gasteiger partial charge is 0.497 e. The van der Waals surface area contributed by atoms with E-state index in [2.05, 4.69) is 4.90 Å². The average molecular weight is 249 g/mol. The van der Waals surface area contributed by atoms with E-state index in [9.17, 15) is 4.79 Å². The van der Waals surface area contributed by atoms with Crippen LogP contribution in [0.15, 0.2) is 18.2 Å². The van der Waals surface area contributed by atoms with Gasteiger partial charge in [-0.15, -0.1) is 0 Å². The van der Waals surface area contributed by atoms with Gasteiger partial charge in [0, 0.05) is 25.1 Å². The molecule has 0 radical (unpaired) electrons. The molecule has 0 aromatic heterocycles.